The Morgan fingerprint density at radius 2 is 1.77 bits per heavy atom. The third-order valence-corrected chi connectivity index (χ3v) is 5.21. The first-order valence-electron chi connectivity index (χ1n) is 9.66. The molecule has 9 heteroatoms. The minimum atomic E-state index is -0.585. The first kappa shape index (κ1) is 21.6. The van der Waals surface area contributed by atoms with Crippen molar-refractivity contribution in [3.63, 3.8) is 0 Å². The molecular weight excluding hydrogens is 408 g/mol. The zero-order chi connectivity index (χ0) is 21.8. The van der Waals surface area contributed by atoms with E-state index in [1.807, 2.05) is 18.7 Å². The normalized spacial score (nSPS) is 14.0. The average Bonchev–Trinajstić information content (AvgIpc) is 2.73. The molecule has 0 saturated carbocycles. The van der Waals surface area contributed by atoms with E-state index in [2.05, 4.69) is 10.2 Å². The van der Waals surface area contributed by atoms with Crippen LogP contribution in [0.3, 0.4) is 0 Å². The van der Waals surface area contributed by atoms with Crippen molar-refractivity contribution in [2.75, 3.05) is 36.4 Å². The molecule has 1 heterocycles. The highest BCUT2D eigenvalue weighted by atomic mass is 35.5. The Labute approximate surface area is 179 Å². The minimum absolute atomic E-state index is 0.0271. The summed E-state index contributed by atoms with van der Waals surface area (Å²) < 4.78 is 0. The lowest BCUT2D eigenvalue weighted by Crippen LogP contribution is -2.50. The molecule has 0 aromatic heterocycles. The number of halogens is 1. The fraction of sp³-hybridized carbons (Fsp3) is 0.333. The fourth-order valence-electron chi connectivity index (χ4n) is 3.43. The summed E-state index contributed by atoms with van der Waals surface area (Å²) >= 11 is 6.14. The van der Waals surface area contributed by atoms with Gasteiger partial charge in [-0.1, -0.05) is 37.6 Å². The number of nitro groups is 1. The highest BCUT2D eigenvalue weighted by Gasteiger charge is 2.25. The van der Waals surface area contributed by atoms with Crippen LogP contribution in [0.4, 0.5) is 17.1 Å². The highest BCUT2D eigenvalue weighted by Crippen LogP contribution is 2.31. The van der Waals surface area contributed by atoms with Gasteiger partial charge in [-0.05, 0) is 24.3 Å². The van der Waals surface area contributed by atoms with Gasteiger partial charge in [0, 0.05) is 43.2 Å². The summed E-state index contributed by atoms with van der Waals surface area (Å²) in [7, 11) is 0. The number of hydrogen-bond donors (Lipinski definition) is 1. The van der Waals surface area contributed by atoms with E-state index < -0.39 is 10.8 Å². The van der Waals surface area contributed by atoms with E-state index in [0.29, 0.717) is 36.9 Å². The third-order valence-electron chi connectivity index (χ3n) is 4.98. The number of carbonyl (C=O) groups is 2. The van der Waals surface area contributed by atoms with Crippen molar-refractivity contribution in [1.82, 2.24) is 4.90 Å². The van der Waals surface area contributed by atoms with Gasteiger partial charge in [-0.3, -0.25) is 19.7 Å². The van der Waals surface area contributed by atoms with Crippen LogP contribution in [0.25, 0.3) is 0 Å². The molecule has 2 amide bonds. The van der Waals surface area contributed by atoms with E-state index in [1.54, 1.807) is 24.3 Å². The number of para-hydroxylation sites is 1. The summed E-state index contributed by atoms with van der Waals surface area (Å²) in [6.45, 7) is 6.13. The molecule has 0 radical (unpaired) electrons. The molecule has 8 nitrogen and oxygen atoms in total. The van der Waals surface area contributed by atoms with Crippen LogP contribution in [-0.2, 0) is 4.79 Å². The molecule has 0 bridgehead atoms. The molecule has 1 aliphatic heterocycles. The molecule has 1 saturated heterocycles. The maximum atomic E-state index is 12.8. The first-order chi connectivity index (χ1) is 14.3. The maximum Gasteiger partial charge on any atom is 0.282 e. The quantitative estimate of drug-likeness (QED) is 0.574. The zero-order valence-electron chi connectivity index (χ0n) is 16.8. The minimum Gasteiger partial charge on any atom is -0.366 e. The van der Waals surface area contributed by atoms with E-state index in [1.165, 1.54) is 18.2 Å². The van der Waals surface area contributed by atoms with Crippen LogP contribution in [0, 0.1) is 16.0 Å². The summed E-state index contributed by atoms with van der Waals surface area (Å²) in [4.78, 5) is 39.6. The lowest BCUT2D eigenvalue weighted by atomic mass is 10.1. The predicted molar refractivity (Wildman–Crippen MR) is 116 cm³/mol. The van der Waals surface area contributed by atoms with E-state index >= 15 is 0 Å². The van der Waals surface area contributed by atoms with Gasteiger partial charge in [0.1, 0.15) is 5.56 Å². The highest BCUT2D eigenvalue weighted by molar-refractivity contribution is 6.31. The summed E-state index contributed by atoms with van der Waals surface area (Å²) in [6, 6.07) is 10.9. The van der Waals surface area contributed by atoms with Crippen LogP contribution in [0.15, 0.2) is 42.5 Å². The number of nitro benzene ring substituents is 1. The standard InChI is InChI=1S/C21H23ClN4O4/c1-14(2)21(28)25-11-9-24(10-12-25)19-8-7-15(22)13-17(19)23-20(27)16-5-3-4-6-18(16)26(29)30/h3-8,13-14H,9-12H2,1-2H3,(H,23,27). The van der Waals surface area contributed by atoms with Gasteiger partial charge in [-0.15, -0.1) is 0 Å². The van der Waals surface area contributed by atoms with Gasteiger partial charge >= 0.3 is 0 Å². The van der Waals surface area contributed by atoms with Crippen molar-refractivity contribution >= 4 is 40.5 Å². The number of nitrogens with one attached hydrogen (secondary N) is 1. The van der Waals surface area contributed by atoms with Gasteiger partial charge in [0.15, 0.2) is 0 Å². The fourth-order valence-corrected chi connectivity index (χ4v) is 3.60. The van der Waals surface area contributed by atoms with E-state index in [9.17, 15) is 19.7 Å². The van der Waals surface area contributed by atoms with E-state index in [4.69, 9.17) is 11.6 Å². The second-order valence-electron chi connectivity index (χ2n) is 7.36. The topological polar surface area (TPSA) is 95.8 Å². The Kier molecular flexibility index (Phi) is 6.56. The molecule has 2 aromatic carbocycles. The number of hydrogen-bond acceptors (Lipinski definition) is 5. The van der Waals surface area contributed by atoms with Gasteiger partial charge in [-0.25, -0.2) is 0 Å². The van der Waals surface area contributed by atoms with E-state index in [-0.39, 0.29) is 23.1 Å². The van der Waals surface area contributed by atoms with Crippen LogP contribution in [0.1, 0.15) is 24.2 Å². The molecule has 0 atom stereocenters. The molecule has 1 fully saturated rings. The number of anilines is 2. The number of piperazine rings is 1. The molecule has 0 spiro atoms. The second kappa shape index (κ2) is 9.13. The van der Waals surface area contributed by atoms with Crippen LogP contribution >= 0.6 is 11.6 Å². The Morgan fingerprint density at radius 1 is 1.10 bits per heavy atom. The van der Waals surface area contributed by atoms with Gasteiger partial charge in [-0.2, -0.15) is 0 Å². The molecule has 30 heavy (non-hydrogen) atoms. The van der Waals surface area contributed by atoms with Crippen molar-refractivity contribution in [2.24, 2.45) is 5.92 Å². The monoisotopic (exact) mass is 430 g/mol. The lowest BCUT2D eigenvalue weighted by Gasteiger charge is -2.37. The molecule has 2 aromatic rings. The van der Waals surface area contributed by atoms with Crippen molar-refractivity contribution in [3.05, 3.63) is 63.2 Å². The van der Waals surface area contributed by atoms with Crippen molar-refractivity contribution in [3.8, 4) is 0 Å². The molecule has 1 N–H and O–H groups in total. The Morgan fingerprint density at radius 3 is 2.40 bits per heavy atom. The van der Waals surface area contributed by atoms with Gasteiger partial charge in [0.05, 0.1) is 16.3 Å². The van der Waals surface area contributed by atoms with Crippen LogP contribution in [-0.4, -0.2) is 47.8 Å². The summed E-state index contributed by atoms with van der Waals surface area (Å²) in [5, 5.41) is 14.4. The summed E-state index contributed by atoms with van der Waals surface area (Å²) in [5.74, 6) is -0.515. The predicted octanol–water partition coefficient (Wildman–Crippen LogP) is 3.81. The SMILES string of the molecule is CC(C)C(=O)N1CCN(c2ccc(Cl)cc2NC(=O)c2ccccc2[N+](=O)[O-])CC1. The molecule has 3 rings (SSSR count). The van der Waals surface area contributed by atoms with Crippen LogP contribution in [0.5, 0.6) is 0 Å². The van der Waals surface area contributed by atoms with Crippen molar-refractivity contribution < 1.29 is 14.5 Å². The number of nitrogens with zero attached hydrogens (tertiary/aromatic N) is 3. The Balaban J connectivity index is 1.81. The van der Waals surface area contributed by atoms with E-state index in [0.717, 1.165) is 5.69 Å². The maximum absolute atomic E-state index is 12.8. The number of rotatable bonds is 5. The summed E-state index contributed by atoms with van der Waals surface area (Å²) in [5.41, 5.74) is 0.928. The van der Waals surface area contributed by atoms with Gasteiger partial charge in [0.2, 0.25) is 5.91 Å². The lowest BCUT2D eigenvalue weighted by molar-refractivity contribution is -0.385. The average molecular weight is 431 g/mol. The second-order valence-corrected chi connectivity index (χ2v) is 7.79. The largest absolute Gasteiger partial charge is 0.366 e. The van der Waals surface area contributed by atoms with Crippen LogP contribution < -0.4 is 10.2 Å². The van der Waals surface area contributed by atoms with Crippen molar-refractivity contribution in [2.45, 2.75) is 13.8 Å². The molecule has 0 unspecified atom stereocenters. The Hall–Kier alpha value is -3.13. The zero-order valence-corrected chi connectivity index (χ0v) is 17.6. The number of carbonyl (C=O) groups excluding carboxylic acids is 2. The molecule has 1 aliphatic rings. The molecular formula is C21H23ClN4O4. The third kappa shape index (κ3) is 4.71. The number of amides is 2. The van der Waals surface area contributed by atoms with Gasteiger partial charge < -0.3 is 15.1 Å². The first-order valence-corrected chi connectivity index (χ1v) is 10.0. The smallest absolute Gasteiger partial charge is 0.282 e. The van der Waals surface area contributed by atoms with Gasteiger partial charge in [0.25, 0.3) is 11.6 Å². The number of benzene rings is 2. The molecule has 0 aliphatic carbocycles. The molecule has 158 valence electrons. The van der Waals surface area contributed by atoms with Crippen LogP contribution in [0.2, 0.25) is 5.02 Å². The summed E-state index contributed by atoms with van der Waals surface area (Å²) in [6.07, 6.45) is 0. The Bertz CT molecular complexity index is 971. The van der Waals surface area contributed by atoms with Crippen molar-refractivity contribution in [1.29, 1.82) is 0 Å².